The summed E-state index contributed by atoms with van der Waals surface area (Å²) in [4.78, 5) is 4.54. The fraction of sp³-hybridized carbons (Fsp3) is 0.250. The fourth-order valence-corrected chi connectivity index (χ4v) is 4.32. The summed E-state index contributed by atoms with van der Waals surface area (Å²) in [7, 11) is 0. The highest BCUT2D eigenvalue weighted by Gasteiger charge is 2.42. The number of pyridine rings is 1. The van der Waals surface area contributed by atoms with Gasteiger partial charge in [0.1, 0.15) is 5.69 Å². The summed E-state index contributed by atoms with van der Waals surface area (Å²) in [6.45, 7) is 2.80. The van der Waals surface area contributed by atoms with Gasteiger partial charge in [-0.05, 0) is 43.3 Å². The van der Waals surface area contributed by atoms with Gasteiger partial charge in [0.2, 0.25) is 13.0 Å². The minimum absolute atomic E-state index is 0.0246. The van der Waals surface area contributed by atoms with Crippen LogP contribution in [-0.4, -0.2) is 29.1 Å². The van der Waals surface area contributed by atoms with Crippen molar-refractivity contribution in [2.75, 3.05) is 13.4 Å². The van der Waals surface area contributed by atoms with Gasteiger partial charge in [-0.25, -0.2) is 5.01 Å². The molecule has 0 saturated carbocycles. The first-order chi connectivity index (χ1) is 15.3. The Morgan fingerprint density at radius 1 is 1.06 bits per heavy atom. The van der Waals surface area contributed by atoms with Crippen LogP contribution in [0.3, 0.4) is 0 Å². The van der Waals surface area contributed by atoms with Crippen molar-refractivity contribution in [2.24, 2.45) is 5.10 Å². The summed E-state index contributed by atoms with van der Waals surface area (Å²) in [6, 6.07) is 17.8. The Hall–Kier alpha value is -3.74. The van der Waals surface area contributed by atoms with Crippen molar-refractivity contribution in [3.63, 3.8) is 0 Å². The zero-order chi connectivity index (χ0) is 20.8. The molecule has 3 aliphatic heterocycles. The number of aromatic nitrogens is 1. The summed E-state index contributed by atoms with van der Waals surface area (Å²) in [5.41, 5.74) is 3.86. The Labute approximate surface area is 179 Å². The van der Waals surface area contributed by atoms with Crippen molar-refractivity contribution in [3.05, 3.63) is 77.6 Å². The van der Waals surface area contributed by atoms with Crippen LogP contribution >= 0.6 is 0 Å². The van der Waals surface area contributed by atoms with Gasteiger partial charge >= 0.3 is 0 Å². The van der Waals surface area contributed by atoms with Crippen LogP contribution in [0.5, 0.6) is 23.0 Å². The van der Waals surface area contributed by atoms with Crippen LogP contribution in [-0.2, 0) is 0 Å². The molecular weight excluding hydrogens is 394 g/mol. The normalized spacial score (nSPS) is 20.5. The quantitative estimate of drug-likeness (QED) is 0.627. The van der Waals surface area contributed by atoms with Crippen molar-refractivity contribution in [1.82, 2.24) is 9.99 Å². The number of fused-ring (bicyclic) bond motifs is 4. The van der Waals surface area contributed by atoms with Gasteiger partial charge < -0.3 is 18.9 Å². The number of rotatable bonds is 4. The molecule has 2 atom stereocenters. The standard InChI is InChI=1S/C24H21N3O4/c1-2-28-21-8-5-6-16-19-13-18(15-9-10-20-22(12-15)30-14-29-20)26-27(19)24(31-23(16)21)17-7-3-4-11-25-17/h3-12,19,24H,2,13-14H2,1H3. The molecule has 0 bridgehead atoms. The molecule has 3 aromatic rings. The maximum absolute atomic E-state index is 6.46. The number of para-hydroxylation sites is 1. The predicted octanol–water partition coefficient (Wildman–Crippen LogP) is 4.45. The van der Waals surface area contributed by atoms with E-state index in [9.17, 15) is 0 Å². The van der Waals surface area contributed by atoms with Crippen LogP contribution in [0.15, 0.2) is 65.9 Å². The molecule has 0 radical (unpaired) electrons. The summed E-state index contributed by atoms with van der Waals surface area (Å²) in [6.07, 6.45) is 2.08. The topological polar surface area (TPSA) is 65.4 Å². The van der Waals surface area contributed by atoms with E-state index in [1.807, 2.05) is 60.5 Å². The zero-order valence-electron chi connectivity index (χ0n) is 17.0. The molecule has 0 amide bonds. The predicted molar refractivity (Wildman–Crippen MR) is 114 cm³/mol. The Bertz CT molecular complexity index is 1160. The Kier molecular flexibility index (Phi) is 4.19. The SMILES string of the molecule is CCOc1cccc2c1OC(c1ccccn1)N1N=C(c3ccc4c(c3)OCO4)CC21. The zero-order valence-corrected chi connectivity index (χ0v) is 17.0. The smallest absolute Gasteiger partial charge is 0.231 e. The van der Waals surface area contributed by atoms with E-state index in [-0.39, 0.29) is 12.8 Å². The first kappa shape index (κ1) is 18.1. The van der Waals surface area contributed by atoms with Crippen LogP contribution in [0, 0.1) is 0 Å². The maximum atomic E-state index is 6.46. The molecule has 31 heavy (non-hydrogen) atoms. The second-order valence-corrected chi connectivity index (χ2v) is 7.55. The van der Waals surface area contributed by atoms with Gasteiger partial charge in [0.25, 0.3) is 0 Å². The maximum Gasteiger partial charge on any atom is 0.231 e. The van der Waals surface area contributed by atoms with Crippen LogP contribution < -0.4 is 18.9 Å². The Balaban J connectivity index is 1.44. The van der Waals surface area contributed by atoms with E-state index in [1.54, 1.807) is 6.20 Å². The number of nitrogens with zero attached hydrogens (tertiary/aromatic N) is 3. The molecule has 7 nitrogen and oxygen atoms in total. The van der Waals surface area contributed by atoms with Gasteiger partial charge in [0.05, 0.1) is 18.4 Å². The lowest BCUT2D eigenvalue weighted by Gasteiger charge is -2.38. The van der Waals surface area contributed by atoms with Gasteiger partial charge in [-0.15, -0.1) is 0 Å². The van der Waals surface area contributed by atoms with Gasteiger partial charge in [-0.2, -0.15) is 5.10 Å². The molecule has 2 aromatic carbocycles. The van der Waals surface area contributed by atoms with Crippen molar-refractivity contribution in [2.45, 2.75) is 25.6 Å². The highest BCUT2D eigenvalue weighted by atomic mass is 16.7. The van der Waals surface area contributed by atoms with Gasteiger partial charge in [0, 0.05) is 23.7 Å². The van der Waals surface area contributed by atoms with Crippen LogP contribution in [0.4, 0.5) is 0 Å². The molecule has 0 aliphatic carbocycles. The van der Waals surface area contributed by atoms with Crippen LogP contribution in [0.2, 0.25) is 0 Å². The summed E-state index contributed by atoms with van der Waals surface area (Å²) in [5.74, 6) is 3.03. The van der Waals surface area contributed by atoms with Gasteiger partial charge in [-0.3, -0.25) is 4.98 Å². The molecule has 0 N–H and O–H groups in total. The van der Waals surface area contributed by atoms with Crippen molar-refractivity contribution in [3.8, 4) is 23.0 Å². The monoisotopic (exact) mass is 415 g/mol. The lowest BCUT2D eigenvalue weighted by molar-refractivity contribution is -0.0240. The van der Waals surface area contributed by atoms with E-state index < -0.39 is 6.23 Å². The minimum Gasteiger partial charge on any atom is -0.490 e. The first-order valence-electron chi connectivity index (χ1n) is 10.4. The summed E-state index contributed by atoms with van der Waals surface area (Å²) in [5, 5.41) is 7.00. The number of benzene rings is 2. The Morgan fingerprint density at radius 3 is 2.87 bits per heavy atom. The van der Waals surface area contributed by atoms with E-state index in [1.165, 1.54) is 0 Å². The average Bonchev–Trinajstić information content (AvgIpc) is 3.46. The number of ether oxygens (including phenoxy) is 4. The lowest BCUT2D eigenvalue weighted by Crippen LogP contribution is -2.34. The van der Waals surface area contributed by atoms with Crippen LogP contribution in [0.25, 0.3) is 0 Å². The third kappa shape index (κ3) is 2.96. The molecule has 1 aromatic heterocycles. The van der Waals surface area contributed by atoms with Crippen molar-refractivity contribution >= 4 is 5.71 Å². The molecule has 3 aliphatic rings. The van der Waals surface area contributed by atoms with Crippen molar-refractivity contribution < 1.29 is 18.9 Å². The fourth-order valence-electron chi connectivity index (χ4n) is 4.32. The highest BCUT2D eigenvalue weighted by molar-refractivity contribution is 6.02. The van der Waals surface area contributed by atoms with Crippen LogP contribution in [0.1, 0.15) is 42.4 Å². The van der Waals surface area contributed by atoms with E-state index in [0.29, 0.717) is 6.61 Å². The number of hydrogen-bond acceptors (Lipinski definition) is 7. The largest absolute Gasteiger partial charge is 0.490 e. The molecule has 0 fully saturated rings. The molecule has 0 saturated heterocycles. The molecule has 4 heterocycles. The molecule has 7 heteroatoms. The second kappa shape index (κ2) is 7.19. The van der Waals surface area contributed by atoms with Gasteiger partial charge in [0.15, 0.2) is 23.0 Å². The summed E-state index contributed by atoms with van der Waals surface area (Å²) < 4.78 is 23.3. The minimum atomic E-state index is -0.438. The molecule has 0 spiro atoms. The van der Waals surface area contributed by atoms with Gasteiger partial charge in [-0.1, -0.05) is 18.2 Å². The van der Waals surface area contributed by atoms with E-state index in [2.05, 4.69) is 11.1 Å². The third-order valence-corrected chi connectivity index (χ3v) is 5.73. The molecule has 6 rings (SSSR count). The first-order valence-corrected chi connectivity index (χ1v) is 10.4. The summed E-state index contributed by atoms with van der Waals surface area (Å²) >= 11 is 0. The average molecular weight is 415 g/mol. The highest BCUT2D eigenvalue weighted by Crippen LogP contribution is 2.50. The van der Waals surface area contributed by atoms with E-state index >= 15 is 0 Å². The third-order valence-electron chi connectivity index (χ3n) is 5.73. The Morgan fingerprint density at radius 2 is 2.00 bits per heavy atom. The number of hydrogen-bond donors (Lipinski definition) is 0. The van der Waals surface area contributed by atoms with E-state index in [0.717, 1.165) is 52.0 Å². The molecular formula is C24H21N3O4. The van der Waals surface area contributed by atoms with E-state index in [4.69, 9.17) is 24.0 Å². The molecule has 2 unspecified atom stereocenters. The number of hydrazone groups is 1. The molecule has 156 valence electrons. The van der Waals surface area contributed by atoms with Crippen molar-refractivity contribution in [1.29, 1.82) is 0 Å². The lowest BCUT2D eigenvalue weighted by atomic mass is 9.96. The second-order valence-electron chi connectivity index (χ2n) is 7.55.